The highest BCUT2D eigenvalue weighted by Gasteiger charge is 2.21. The Morgan fingerprint density at radius 2 is 1.22 bits per heavy atom. The van der Waals surface area contributed by atoms with Gasteiger partial charge in [-0.1, -0.05) is 115 Å². The normalized spacial score (nSPS) is 10.6. The number of para-hydroxylation sites is 2. The number of hydrogen-bond acceptors (Lipinski definition) is 13. The Balaban J connectivity index is 0.000000267. The van der Waals surface area contributed by atoms with Gasteiger partial charge in [-0.2, -0.15) is 4.98 Å². The molecule has 0 saturated heterocycles. The average molecular weight is 1030 g/mol. The third kappa shape index (κ3) is 13.1. The number of anilines is 3. The van der Waals surface area contributed by atoms with Gasteiger partial charge in [-0.3, -0.25) is 23.5 Å². The zero-order valence-corrected chi connectivity index (χ0v) is 38.5. The molecule has 4 aromatic carbocycles. The first-order valence-corrected chi connectivity index (χ1v) is 22.6. The number of aryl methyl sites for hydroxylation is 2. The lowest BCUT2D eigenvalue weighted by Crippen LogP contribution is -2.19. The Morgan fingerprint density at radius 3 is 1.66 bits per heavy atom. The molecule has 0 spiro atoms. The molecule has 344 valence electrons. The summed E-state index contributed by atoms with van der Waals surface area (Å²) in [6.45, 7) is 6.31. The molecule has 0 amide bonds. The van der Waals surface area contributed by atoms with E-state index in [-0.39, 0.29) is 56.5 Å². The van der Waals surface area contributed by atoms with Crippen molar-refractivity contribution in [2.75, 3.05) is 16.8 Å². The fraction of sp³-hybridized carbons (Fsp3) is 0.167. The van der Waals surface area contributed by atoms with Crippen molar-refractivity contribution in [2.24, 2.45) is 0 Å². The highest BCUT2D eigenvalue weighted by Crippen LogP contribution is 2.30. The minimum Gasteiger partial charge on any atom is -0.481 e. The summed E-state index contributed by atoms with van der Waals surface area (Å²) < 4.78 is 52.7. The van der Waals surface area contributed by atoms with Crippen molar-refractivity contribution in [1.82, 2.24) is 29.1 Å². The maximum Gasteiger partial charge on any atom is 0.300 e. The number of nitrogens with zero attached hydrogens (tertiary/aromatic N) is 6. The fourth-order valence-electron chi connectivity index (χ4n) is 5.30. The zero-order chi connectivity index (χ0) is 46.3. The summed E-state index contributed by atoms with van der Waals surface area (Å²) in [5.41, 5.74) is 8.90. The molecule has 14 nitrogen and oxygen atoms in total. The highest BCUT2D eigenvalue weighted by molar-refractivity contribution is 7.93. The van der Waals surface area contributed by atoms with Gasteiger partial charge in [-0.25, -0.2) is 32.2 Å². The number of sulfone groups is 1. The van der Waals surface area contributed by atoms with Gasteiger partial charge in [0.15, 0.2) is 16.4 Å². The predicted molar refractivity (Wildman–Crippen MR) is 261 cm³/mol. The highest BCUT2D eigenvalue weighted by atomic mass is 35.5. The summed E-state index contributed by atoms with van der Waals surface area (Å²) in [6, 6.07) is 19.0. The van der Waals surface area contributed by atoms with Crippen LogP contribution in [0.2, 0.25) is 20.1 Å². The second-order valence-electron chi connectivity index (χ2n) is 12.8. The number of carbonyl (C=O) groups is 1. The van der Waals surface area contributed by atoms with E-state index >= 15 is 0 Å². The average Bonchev–Trinajstić information content (AvgIpc) is 3.86. The topological polar surface area (TPSA) is 205 Å². The van der Waals surface area contributed by atoms with E-state index < -0.39 is 27.4 Å². The molecule has 0 aliphatic carbocycles. The van der Waals surface area contributed by atoms with Crippen LogP contribution in [0.1, 0.15) is 39.8 Å². The molecule has 4 aromatic heterocycles. The van der Waals surface area contributed by atoms with Crippen LogP contribution in [0.4, 0.5) is 25.3 Å². The molecule has 0 bridgehead atoms. The van der Waals surface area contributed by atoms with Gasteiger partial charge < -0.3 is 16.2 Å². The van der Waals surface area contributed by atoms with E-state index in [1.807, 2.05) is 32.0 Å². The molecular formula is C42H40Cl4F2N8O6S3. The number of rotatable bonds is 6. The zero-order valence-electron chi connectivity index (χ0n) is 33.0. The number of nitrogens with two attached hydrogens (primary N) is 1. The summed E-state index contributed by atoms with van der Waals surface area (Å²) in [5, 5.41) is 11.8. The lowest BCUT2D eigenvalue weighted by molar-refractivity contribution is -0.134. The van der Waals surface area contributed by atoms with Gasteiger partial charge in [0.05, 0.1) is 37.2 Å². The van der Waals surface area contributed by atoms with Crippen LogP contribution in [0.25, 0.3) is 32.1 Å². The summed E-state index contributed by atoms with van der Waals surface area (Å²) in [7, 11) is -3.48. The molecule has 0 saturated carbocycles. The number of fused-ring (bicyclic) bond motifs is 2. The Bertz CT molecular complexity index is 3190. The van der Waals surface area contributed by atoms with Gasteiger partial charge in [-0.15, -0.1) is 0 Å². The van der Waals surface area contributed by atoms with E-state index in [1.54, 1.807) is 18.2 Å². The largest absolute Gasteiger partial charge is 0.481 e. The third-order valence-corrected chi connectivity index (χ3v) is 13.6. The van der Waals surface area contributed by atoms with Crippen LogP contribution in [0.15, 0.2) is 99.4 Å². The van der Waals surface area contributed by atoms with Crippen molar-refractivity contribution < 1.29 is 27.1 Å². The number of carboxylic acid groups (broad SMARTS) is 1. The van der Waals surface area contributed by atoms with Crippen molar-refractivity contribution in [1.29, 1.82) is 0 Å². The Morgan fingerprint density at radius 1 is 0.754 bits per heavy atom. The minimum atomic E-state index is -3.48. The van der Waals surface area contributed by atoms with Crippen LogP contribution >= 0.6 is 69.1 Å². The van der Waals surface area contributed by atoms with E-state index in [4.69, 9.17) is 62.0 Å². The van der Waals surface area contributed by atoms with Gasteiger partial charge in [-0.05, 0) is 73.5 Å². The van der Waals surface area contributed by atoms with Gasteiger partial charge in [0, 0.05) is 18.3 Å². The van der Waals surface area contributed by atoms with Crippen molar-refractivity contribution in [3.05, 3.63) is 149 Å². The third-order valence-electron chi connectivity index (χ3n) is 8.24. The lowest BCUT2D eigenvalue weighted by Gasteiger charge is -2.10. The maximum atomic E-state index is 13.3. The van der Waals surface area contributed by atoms with Crippen LogP contribution < -0.4 is 22.2 Å². The van der Waals surface area contributed by atoms with Crippen molar-refractivity contribution in [2.45, 2.75) is 46.9 Å². The molecule has 0 aliphatic heterocycles. The first-order valence-electron chi connectivity index (χ1n) is 17.8. The molecular weight excluding hydrogens is 989 g/mol. The van der Waals surface area contributed by atoms with Crippen LogP contribution in [0.3, 0.4) is 0 Å². The molecule has 4 N–H and O–H groups in total. The molecule has 0 atom stereocenters. The second-order valence-corrected chi connectivity index (χ2v) is 18.9. The molecule has 0 aliphatic rings. The van der Waals surface area contributed by atoms with Crippen molar-refractivity contribution in [3.8, 4) is 11.4 Å². The van der Waals surface area contributed by atoms with Crippen LogP contribution in [-0.4, -0.2) is 54.3 Å². The number of aromatic nitrogens is 6. The van der Waals surface area contributed by atoms with Gasteiger partial charge in [0.2, 0.25) is 14.2 Å². The van der Waals surface area contributed by atoms with Crippen LogP contribution in [0.5, 0.6) is 0 Å². The Kier molecular flexibility index (Phi) is 19.1. The first kappa shape index (κ1) is 53.8. The number of halogens is 6. The van der Waals surface area contributed by atoms with Crippen LogP contribution in [-0.2, 0) is 14.6 Å². The SMILES string of the molecule is C.C.CC(=O)O.CCS(=O)(=O)c1nc2ncn(-c3c(C)cccc3Cl)c(=O)c2s1.Cc1cccc(Cl)c1-n1cnc2nc(Nc3ccc(F)c(Cl)c3)sc2c1=O.Nc1ccc(F)c(Cl)c1. The number of hydrogen-bond donors (Lipinski definition) is 3. The van der Waals surface area contributed by atoms with Gasteiger partial charge in [0.1, 0.15) is 33.7 Å². The minimum absolute atomic E-state index is 0. The molecule has 8 rings (SSSR count). The number of benzene rings is 4. The quantitative estimate of drug-likeness (QED) is 0.133. The molecule has 8 aromatic rings. The van der Waals surface area contributed by atoms with Crippen LogP contribution in [0, 0.1) is 25.5 Å². The monoisotopic (exact) mass is 1030 g/mol. The second kappa shape index (κ2) is 23.1. The summed E-state index contributed by atoms with van der Waals surface area (Å²) >= 11 is 25.6. The van der Waals surface area contributed by atoms with Crippen molar-refractivity contribution >= 4 is 122 Å². The van der Waals surface area contributed by atoms with E-state index in [2.05, 4.69) is 25.3 Å². The van der Waals surface area contributed by atoms with E-state index in [9.17, 15) is 26.8 Å². The molecule has 0 unspecified atom stereocenters. The van der Waals surface area contributed by atoms with Crippen molar-refractivity contribution in [3.63, 3.8) is 0 Å². The smallest absolute Gasteiger partial charge is 0.300 e. The lowest BCUT2D eigenvalue weighted by atomic mass is 10.2. The van der Waals surface area contributed by atoms with Gasteiger partial charge >= 0.3 is 0 Å². The molecule has 65 heavy (non-hydrogen) atoms. The van der Waals surface area contributed by atoms with E-state index in [0.717, 1.165) is 40.7 Å². The Hall–Kier alpha value is -5.54. The molecule has 4 heterocycles. The summed E-state index contributed by atoms with van der Waals surface area (Å²) in [4.78, 5) is 51.3. The Labute approximate surface area is 399 Å². The summed E-state index contributed by atoms with van der Waals surface area (Å²) in [6.07, 6.45) is 2.73. The maximum absolute atomic E-state index is 13.3. The molecule has 0 radical (unpaired) electrons. The fourth-order valence-corrected chi connectivity index (χ4v) is 9.43. The number of thiazole rings is 2. The van der Waals surface area contributed by atoms with E-state index in [0.29, 0.717) is 48.3 Å². The molecule has 23 heteroatoms. The van der Waals surface area contributed by atoms with E-state index in [1.165, 1.54) is 65.1 Å². The number of nitrogen functional groups attached to an aromatic ring is 1. The van der Waals surface area contributed by atoms with Gasteiger partial charge in [0.25, 0.3) is 17.1 Å². The number of aliphatic carboxylic acids is 1. The number of nitrogens with one attached hydrogen (secondary N) is 1. The first-order chi connectivity index (χ1) is 29.7. The summed E-state index contributed by atoms with van der Waals surface area (Å²) in [5.74, 6) is -1.86. The standard InChI is InChI=1S/C18H11Cl2FN4OS.C14H12ClN3O3S2.C6H5ClFN.C2H4O2.2CH4/c1-9-3-2-4-11(19)14(9)25-8-22-16-15(17(25)26)27-18(24-16)23-10-5-6-13(21)12(20)7-10;1-3-23(20,21)14-17-12-11(22-14)13(19)18(7-16-12)10-8(2)5-4-6-9(10)15;7-5-3-4(9)1-2-6(5)8;1-2(3)4;;/h2-8H,1H3,(H,23,24);4-7H,3H2,1-2H3;1-3H,9H2;1H3,(H,3,4);2*1H4. The predicted octanol–water partition coefficient (Wildman–Crippen LogP) is 11.4. The molecule has 0 fully saturated rings. The number of carboxylic acids is 1.